The minimum Gasteiger partial charge on any atom is -0.198 e. The molecule has 0 aliphatic heterocycles. The van der Waals surface area contributed by atoms with Crippen molar-refractivity contribution in [2.75, 3.05) is 0 Å². The predicted octanol–water partition coefficient (Wildman–Crippen LogP) is 4.15. The molecular formula is C11H8F2S. The molecule has 0 saturated carbocycles. The first-order valence-electron chi connectivity index (χ1n) is 4.20. The SMILES string of the molecule is FC(F)Sc1cccc2ccccc12. The number of hydrogen-bond acceptors (Lipinski definition) is 1. The van der Waals surface area contributed by atoms with E-state index in [1.165, 1.54) is 0 Å². The van der Waals surface area contributed by atoms with E-state index < -0.39 is 5.76 Å². The first-order valence-corrected chi connectivity index (χ1v) is 5.08. The highest BCUT2D eigenvalue weighted by Crippen LogP contribution is 2.31. The average Bonchev–Trinajstić information content (AvgIpc) is 2.18. The van der Waals surface area contributed by atoms with Gasteiger partial charge in [-0.15, -0.1) is 0 Å². The third-order valence-corrected chi connectivity index (χ3v) is 2.75. The maximum Gasteiger partial charge on any atom is 0.288 e. The standard InChI is InChI=1S/C11H8F2S/c12-11(13)14-10-7-3-5-8-4-1-2-6-9(8)10/h1-7,11H. The molecule has 72 valence electrons. The number of benzene rings is 2. The van der Waals surface area contributed by atoms with Gasteiger partial charge in [-0.2, -0.15) is 8.78 Å². The van der Waals surface area contributed by atoms with Crippen LogP contribution in [0.2, 0.25) is 0 Å². The molecule has 0 amide bonds. The second-order valence-electron chi connectivity index (χ2n) is 2.86. The van der Waals surface area contributed by atoms with E-state index >= 15 is 0 Å². The molecule has 2 aromatic carbocycles. The molecule has 0 fully saturated rings. The quantitative estimate of drug-likeness (QED) is 0.671. The second kappa shape index (κ2) is 3.96. The lowest BCUT2D eigenvalue weighted by Crippen LogP contribution is -1.83. The van der Waals surface area contributed by atoms with E-state index in [1.807, 2.05) is 30.3 Å². The largest absolute Gasteiger partial charge is 0.288 e. The normalized spacial score (nSPS) is 11.1. The fourth-order valence-corrected chi connectivity index (χ4v) is 2.06. The van der Waals surface area contributed by atoms with E-state index in [4.69, 9.17) is 0 Å². The molecule has 0 unspecified atom stereocenters. The third-order valence-electron chi connectivity index (χ3n) is 1.97. The molecule has 0 nitrogen and oxygen atoms in total. The number of thioether (sulfide) groups is 1. The summed E-state index contributed by atoms with van der Waals surface area (Å²) in [6.07, 6.45) is 0. The van der Waals surface area contributed by atoms with Gasteiger partial charge in [-0.25, -0.2) is 0 Å². The molecule has 0 saturated heterocycles. The van der Waals surface area contributed by atoms with Crippen LogP contribution in [0, 0.1) is 0 Å². The van der Waals surface area contributed by atoms with Gasteiger partial charge in [0.2, 0.25) is 0 Å². The summed E-state index contributed by atoms with van der Waals surface area (Å²) in [5, 5.41) is 1.89. The average molecular weight is 210 g/mol. The molecule has 2 aromatic rings. The topological polar surface area (TPSA) is 0 Å². The lowest BCUT2D eigenvalue weighted by molar-refractivity contribution is 0.252. The minimum atomic E-state index is -2.36. The Balaban J connectivity index is 2.53. The summed E-state index contributed by atoms with van der Waals surface area (Å²) >= 11 is 0.595. The van der Waals surface area contributed by atoms with Crippen LogP contribution in [0.15, 0.2) is 47.4 Å². The first kappa shape index (κ1) is 9.46. The van der Waals surface area contributed by atoms with Crippen LogP contribution in [0.1, 0.15) is 0 Å². The van der Waals surface area contributed by atoms with Gasteiger partial charge in [0.15, 0.2) is 0 Å². The molecular weight excluding hydrogens is 202 g/mol. The highest BCUT2D eigenvalue weighted by atomic mass is 32.2. The van der Waals surface area contributed by atoms with Crippen molar-refractivity contribution < 1.29 is 8.78 Å². The molecule has 0 aliphatic carbocycles. The predicted molar refractivity (Wildman–Crippen MR) is 55.8 cm³/mol. The Kier molecular flexibility index (Phi) is 2.68. The van der Waals surface area contributed by atoms with Crippen molar-refractivity contribution in [1.82, 2.24) is 0 Å². The number of halogens is 2. The fraction of sp³-hybridized carbons (Fsp3) is 0.0909. The maximum atomic E-state index is 12.2. The van der Waals surface area contributed by atoms with Gasteiger partial charge in [-0.05, 0) is 16.8 Å². The van der Waals surface area contributed by atoms with Gasteiger partial charge >= 0.3 is 0 Å². The maximum absolute atomic E-state index is 12.2. The Morgan fingerprint density at radius 1 is 0.929 bits per heavy atom. The van der Waals surface area contributed by atoms with E-state index in [0.717, 1.165) is 10.8 Å². The van der Waals surface area contributed by atoms with Gasteiger partial charge in [-0.1, -0.05) is 48.2 Å². The van der Waals surface area contributed by atoms with Crippen LogP contribution in [-0.2, 0) is 0 Å². The lowest BCUT2D eigenvalue weighted by atomic mass is 10.1. The Morgan fingerprint density at radius 3 is 2.43 bits per heavy atom. The van der Waals surface area contributed by atoms with E-state index in [0.29, 0.717) is 16.7 Å². The lowest BCUT2D eigenvalue weighted by Gasteiger charge is -2.04. The number of alkyl halides is 2. The van der Waals surface area contributed by atoms with E-state index in [9.17, 15) is 8.78 Å². The number of hydrogen-bond donors (Lipinski definition) is 0. The Morgan fingerprint density at radius 2 is 1.64 bits per heavy atom. The Hall–Kier alpha value is -1.09. The first-order chi connectivity index (χ1) is 6.77. The summed E-state index contributed by atoms with van der Waals surface area (Å²) in [5.41, 5.74) is 0. The van der Waals surface area contributed by atoms with Crippen molar-refractivity contribution in [2.45, 2.75) is 10.7 Å². The van der Waals surface area contributed by atoms with Crippen LogP contribution in [0.3, 0.4) is 0 Å². The summed E-state index contributed by atoms with van der Waals surface area (Å²) in [6, 6.07) is 13.0. The highest BCUT2D eigenvalue weighted by molar-refractivity contribution is 7.99. The van der Waals surface area contributed by atoms with Gasteiger partial charge in [0.1, 0.15) is 0 Å². The monoisotopic (exact) mass is 210 g/mol. The minimum absolute atomic E-state index is 0.595. The van der Waals surface area contributed by atoms with Crippen molar-refractivity contribution in [1.29, 1.82) is 0 Å². The van der Waals surface area contributed by atoms with E-state index in [2.05, 4.69) is 0 Å². The summed E-state index contributed by atoms with van der Waals surface area (Å²) in [7, 11) is 0. The van der Waals surface area contributed by atoms with Crippen LogP contribution >= 0.6 is 11.8 Å². The summed E-state index contributed by atoms with van der Waals surface area (Å²) in [4.78, 5) is 0.637. The molecule has 0 spiro atoms. The summed E-state index contributed by atoms with van der Waals surface area (Å²) in [5.74, 6) is -2.36. The van der Waals surface area contributed by atoms with Gasteiger partial charge in [-0.3, -0.25) is 0 Å². The van der Waals surface area contributed by atoms with Crippen molar-refractivity contribution >= 4 is 22.5 Å². The molecule has 14 heavy (non-hydrogen) atoms. The summed E-state index contributed by atoms with van der Waals surface area (Å²) in [6.45, 7) is 0. The summed E-state index contributed by atoms with van der Waals surface area (Å²) < 4.78 is 24.4. The van der Waals surface area contributed by atoms with Crippen LogP contribution in [0.5, 0.6) is 0 Å². The third kappa shape index (κ3) is 1.87. The zero-order valence-electron chi connectivity index (χ0n) is 7.28. The number of fused-ring (bicyclic) bond motifs is 1. The van der Waals surface area contributed by atoms with Crippen LogP contribution < -0.4 is 0 Å². The second-order valence-corrected chi connectivity index (χ2v) is 3.89. The molecule has 0 aromatic heterocycles. The molecule has 2 rings (SSSR count). The molecule has 0 bridgehead atoms. The zero-order chi connectivity index (χ0) is 9.97. The molecule has 0 radical (unpaired) electrons. The number of rotatable bonds is 2. The van der Waals surface area contributed by atoms with Crippen molar-refractivity contribution in [3.63, 3.8) is 0 Å². The highest BCUT2D eigenvalue weighted by Gasteiger charge is 2.07. The van der Waals surface area contributed by atoms with E-state index in [-0.39, 0.29) is 0 Å². The van der Waals surface area contributed by atoms with Gasteiger partial charge in [0, 0.05) is 4.90 Å². The molecule has 0 aliphatic rings. The molecule has 0 heterocycles. The fourth-order valence-electron chi connectivity index (χ4n) is 1.39. The Bertz CT molecular complexity index is 435. The van der Waals surface area contributed by atoms with Crippen molar-refractivity contribution in [3.05, 3.63) is 42.5 Å². The van der Waals surface area contributed by atoms with Crippen molar-refractivity contribution in [2.24, 2.45) is 0 Å². The molecule has 3 heteroatoms. The van der Waals surface area contributed by atoms with Crippen LogP contribution in [-0.4, -0.2) is 5.76 Å². The van der Waals surface area contributed by atoms with Gasteiger partial charge < -0.3 is 0 Å². The van der Waals surface area contributed by atoms with Crippen molar-refractivity contribution in [3.8, 4) is 0 Å². The van der Waals surface area contributed by atoms with Crippen LogP contribution in [0.25, 0.3) is 10.8 Å². The Labute approximate surface area is 84.9 Å². The van der Waals surface area contributed by atoms with E-state index in [1.54, 1.807) is 12.1 Å². The zero-order valence-corrected chi connectivity index (χ0v) is 8.10. The van der Waals surface area contributed by atoms with Crippen LogP contribution in [0.4, 0.5) is 8.78 Å². The molecule has 0 atom stereocenters. The van der Waals surface area contributed by atoms with Gasteiger partial charge in [0.25, 0.3) is 5.76 Å². The molecule has 0 N–H and O–H groups in total. The van der Waals surface area contributed by atoms with Gasteiger partial charge in [0.05, 0.1) is 0 Å². The smallest absolute Gasteiger partial charge is 0.198 e.